The number of rotatable bonds is 2. The smallest absolute Gasteiger partial charge is 0.119 e. The molecule has 1 fully saturated rings. The molecular formula is C12H15NO2. The van der Waals surface area contributed by atoms with E-state index in [0.29, 0.717) is 19.0 Å². The summed E-state index contributed by atoms with van der Waals surface area (Å²) in [6.45, 7) is 1.29. The number of benzene rings is 1. The van der Waals surface area contributed by atoms with Gasteiger partial charge in [-0.25, -0.2) is 0 Å². The molecule has 1 heterocycles. The molecule has 80 valence electrons. The summed E-state index contributed by atoms with van der Waals surface area (Å²) in [4.78, 5) is 0. The van der Waals surface area contributed by atoms with Crippen LogP contribution in [0.1, 0.15) is 29.5 Å². The van der Waals surface area contributed by atoms with Gasteiger partial charge in [0, 0.05) is 5.54 Å². The van der Waals surface area contributed by atoms with Crippen LogP contribution in [0.25, 0.3) is 0 Å². The number of phenolic OH excluding ortho intramolecular Hbond substituents is 1. The van der Waals surface area contributed by atoms with Crippen LogP contribution in [0.2, 0.25) is 0 Å². The van der Waals surface area contributed by atoms with E-state index in [2.05, 4.69) is 0 Å². The molecule has 2 aliphatic rings. The van der Waals surface area contributed by atoms with Gasteiger partial charge in [0.2, 0.25) is 0 Å². The van der Waals surface area contributed by atoms with Crippen LogP contribution in [-0.2, 0) is 24.4 Å². The molecule has 0 bridgehead atoms. The minimum absolute atomic E-state index is 0.0504. The average molecular weight is 205 g/mol. The fraction of sp³-hybridized carbons (Fsp3) is 0.500. The first-order valence-corrected chi connectivity index (χ1v) is 5.37. The van der Waals surface area contributed by atoms with Gasteiger partial charge in [0.15, 0.2) is 0 Å². The molecule has 0 unspecified atom stereocenters. The van der Waals surface area contributed by atoms with Gasteiger partial charge in [-0.15, -0.1) is 0 Å². The Hall–Kier alpha value is -1.06. The van der Waals surface area contributed by atoms with E-state index in [1.165, 1.54) is 5.56 Å². The molecule has 3 heteroatoms. The van der Waals surface area contributed by atoms with Gasteiger partial charge in [-0.2, -0.15) is 0 Å². The van der Waals surface area contributed by atoms with E-state index in [-0.39, 0.29) is 5.54 Å². The van der Waals surface area contributed by atoms with E-state index in [4.69, 9.17) is 10.5 Å². The summed E-state index contributed by atoms with van der Waals surface area (Å²) < 4.78 is 5.33. The van der Waals surface area contributed by atoms with Gasteiger partial charge in [0.05, 0.1) is 13.2 Å². The lowest BCUT2D eigenvalue weighted by atomic mass is 9.99. The Balaban J connectivity index is 1.94. The zero-order chi connectivity index (χ0) is 10.5. The van der Waals surface area contributed by atoms with E-state index >= 15 is 0 Å². The second kappa shape index (κ2) is 2.97. The monoisotopic (exact) mass is 205 g/mol. The largest absolute Gasteiger partial charge is 0.508 e. The minimum atomic E-state index is -0.0504. The highest BCUT2D eigenvalue weighted by Gasteiger charge is 2.38. The van der Waals surface area contributed by atoms with Crippen molar-refractivity contribution in [2.45, 2.75) is 38.0 Å². The van der Waals surface area contributed by atoms with Crippen LogP contribution in [-0.4, -0.2) is 10.6 Å². The maximum atomic E-state index is 9.85. The Morgan fingerprint density at radius 1 is 1.27 bits per heavy atom. The first kappa shape index (κ1) is 9.19. The van der Waals surface area contributed by atoms with Crippen molar-refractivity contribution in [3.8, 4) is 5.75 Å². The maximum Gasteiger partial charge on any atom is 0.119 e. The highest BCUT2D eigenvalue weighted by Crippen LogP contribution is 2.39. The fourth-order valence-electron chi connectivity index (χ4n) is 2.13. The quantitative estimate of drug-likeness (QED) is 0.768. The third-order valence-electron chi connectivity index (χ3n) is 3.35. The number of nitrogens with two attached hydrogens (primary N) is 1. The highest BCUT2D eigenvalue weighted by molar-refractivity contribution is 5.44. The number of fused-ring (bicyclic) bond motifs is 1. The lowest BCUT2D eigenvalue weighted by Crippen LogP contribution is -2.24. The fourth-order valence-corrected chi connectivity index (χ4v) is 2.13. The van der Waals surface area contributed by atoms with Crippen LogP contribution in [0, 0.1) is 0 Å². The summed E-state index contributed by atoms with van der Waals surface area (Å²) in [5, 5.41) is 9.85. The minimum Gasteiger partial charge on any atom is -0.508 e. The van der Waals surface area contributed by atoms with Crippen LogP contribution in [0.5, 0.6) is 5.75 Å². The molecule has 0 amide bonds. The third kappa shape index (κ3) is 1.62. The second-order valence-corrected chi connectivity index (χ2v) is 4.78. The van der Waals surface area contributed by atoms with Crippen LogP contribution in [0.4, 0.5) is 0 Å². The second-order valence-electron chi connectivity index (χ2n) is 4.78. The first-order chi connectivity index (χ1) is 7.16. The molecule has 1 aliphatic carbocycles. The van der Waals surface area contributed by atoms with E-state index in [1.807, 2.05) is 12.1 Å². The molecule has 1 aromatic carbocycles. The molecule has 0 radical (unpaired) electrons. The summed E-state index contributed by atoms with van der Waals surface area (Å²) in [6.07, 6.45) is 2.92. The van der Waals surface area contributed by atoms with Gasteiger partial charge >= 0.3 is 0 Å². The van der Waals surface area contributed by atoms with Gasteiger partial charge in [-0.05, 0) is 48.1 Å². The zero-order valence-corrected chi connectivity index (χ0v) is 8.62. The Morgan fingerprint density at radius 2 is 1.93 bits per heavy atom. The molecule has 15 heavy (non-hydrogen) atoms. The molecule has 0 spiro atoms. The zero-order valence-electron chi connectivity index (χ0n) is 8.62. The predicted molar refractivity (Wildman–Crippen MR) is 56.5 cm³/mol. The maximum absolute atomic E-state index is 9.85. The Labute approximate surface area is 88.9 Å². The topological polar surface area (TPSA) is 55.5 Å². The first-order valence-electron chi connectivity index (χ1n) is 5.37. The normalized spacial score (nSPS) is 21.4. The molecule has 0 saturated heterocycles. The summed E-state index contributed by atoms with van der Waals surface area (Å²) in [6, 6.07) is 3.87. The number of phenols is 1. The summed E-state index contributed by atoms with van der Waals surface area (Å²) >= 11 is 0. The lowest BCUT2D eigenvalue weighted by Gasteiger charge is -2.11. The molecule has 1 saturated carbocycles. The van der Waals surface area contributed by atoms with Crippen molar-refractivity contribution < 1.29 is 9.84 Å². The molecule has 0 aromatic heterocycles. The van der Waals surface area contributed by atoms with Crippen molar-refractivity contribution in [1.29, 1.82) is 0 Å². The van der Waals surface area contributed by atoms with Crippen LogP contribution in [0.3, 0.4) is 0 Å². The predicted octanol–water partition coefficient (Wildman–Crippen LogP) is 1.46. The number of hydrogen-bond donors (Lipinski definition) is 2. The van der Waals surface area contributed by atoms with Gasteiger partial charge in [0.1, 0.15) is 5.75 Å². The molecule has 1 aromatic rings. The van der Waals surface area contributed by atoms with Crippen molar-refractivity contribution >= 4 is 0 Å². The van der Waals surface area contributed by atoms with Crippen LogP contribution >= 0.6 is 0 Å². The number of ether oxygens (including phenoxy) is 1. The van der Waals surface area contributed by atoms with Crippen LogP contribution < -0.4 is 5.73 Å². The van der Waals surface area contributed by atoms with Crippen molar-refractivity contribution in [2.75, 3.05) is 0 Å². The highest BCUT2D eigenvalue weighted by atomic mass is 16.5. The molecule has 3 N–H and O–H groups in total. The van der Waals surface area contributed by atoms with Crippen molar-refractivity contribution in [2.24, 2.45) is 5.73 Å². The lowest BCUT2D eigenvalue weighted by molar-refractivity contribution is 0.134. The van der Waals surface area contributed by atoms with Crippen molar-refractivity contribution in [3.05, 3.63) is 28.8 Å². The van der Waals surface area contributed by atoms with E-state index < -0.39 is 0 Å². The molecular weight excluding hydrogens is 190 g/mol. The number of aromatic hydroxyl groups is 1. The Bertz CT molecular complexity index is 410. The summed E-state index contributed by atoms with van der Waals surface area (Å²) in [5.74, 6) is 0.371. The van der Waals surface area contributed by atoms with Gasteiger partial charge in [0.25, 0.3) is 0 Å². The summed E-state index contributed by atoms with van der Waals surface area (Å²) in [7, 11) is 0. The third-order valence-corrected chi connectivity index (χ3v) is 3.35. The molecule has 0 atom stereocenters. The number of hydrogen-bond acceptors (Lipinski definition) is 3. The van der Waals surface area contributed by atoms with E-state index in [0.717, 1.165) is 30.4 Å². The SMILES string of the molecule is NC1(Cc2cc3c(cc2O)COC3)CC1. The Morgan fingerprint density at radius 3 is 2.60 bits per heavy atom. The van der Waals surface area contributed by atoms with E-state index in [9.17, 15) is 5.11 Å². The van der Waals surface area contributed by atoms with Crippen molar-refractivity contribution in [1.82, 2.24) is 0 Å². The molecule has 3 rings (SSSR count). The van der Waals surface area contributed by atoms with Crippen molar-refractivity contribution in [3.63, 3.8) is 0 Å². The average Bonchev–Trinajstić information content (AvgIpc) is 2.74. The van der Waals surface area contributed by atoms with Gasteiger partial charge in [-0.3, -0.25) is 0 Å². The van der Waals surface area contributed by atoms with Crippen LogP contribution in [0.15, 0.2) is 12.1 Å². The Kier molecular flexibility index (Phi) is 1.82. The summed E-state index contributed by atoms with van der Waals surface area (Å²) in [5.41, 5.74) is 9.28. The van der Waals surface area contributed by atoms with Gasteiger partial charge in [-0.1, -0.05) is 0 Å². The van der Waals surface area contributed by atoms with E-state index in [1.54, 1.807) is 0 Å². The van der Waals surface area contributed by atoms with Gasteiger partial charge < -0.3 is 15.6 Å². The standard InChI is InChI=1S/C12H15NO2/c13-12(1-2-12)5-8-3-9-6-15-7-10(9)4-11(8)14/h3-4,14H,1-2,5-7,13H2. The molecule has 1 aliphatic heterocycles. The molecule has 3 nitrogen and oxygen atoms in total.